The molecule has 0 amide bonds. The molecule has 0 N–H and O–H groups in total. The Morgan fingerprint density at radius 3 is 1.34 bits per heavy atom. The summed E-state index contributed by atoms with van der Waals surface area (Å²) < 4.78 is 14.7. The van der Waals surface area contributed by atoms with E-state index in [0.717, 1.165) is 37.2 Å². The number of nitrogens with zero attached hydrogens (tertiary/aromatic N) is 1. The first-order valence-corrected chi connectivity index (χ1v) is 15.0. The molecule has 0 atom stereocenters. The molecule has 32 heavy (non-hydrogen) atoms. The molecule has 0 aliphatic heterocycles. The number of hydrogen-bond donors (Lipinski definition) is 0. The normalized spacial score (nSPS) is 13.1. The molecule has 0 aromatic rings. The number of unbranched alkanes of at least 4 members (excludes halogenated alkanes) is 2. The minimum Gasteiger partial charge on any atom is -0.322 e. The quantitative estimate of drug-likeness (QED) is 0.167. The highest BCUT2D eigenvalue weighted by molar-refractivity contribution is 8.14. The van der Waals surface area contributed by atoms with Gasteiger partial charge in [-0.3, -0.25) is 9.59 Å². The summed E-state index contributed by atoms with van der Waals surface area (Å²) in [6.45, 7) is 21.7. The van der Waals surface area contributed by atoms with Crippen molar-refractivity contribution in [3.05, 3.63) is 0 Å². The van der Waals surface area contributed by atoms with Gasteiger partial charge in [-0.2, -0.15) is 0 Å². The van der Waals surface area contributed by atoms with Crippen LogP contribution in [-0.2, 0) is 18.6 Å². The van der Waals surface area contributed by atoms with E-state index >= 15 is 0 Å². The van der Waals surface area contributed by atoms with Crippen molar-refractivity contribution in [2.45, 2.75) is 107 Å². The topological polar surface area (TPSA) is 55.8 Å². The van der Waals surface area contributed by atoms with Crippen LogP contribution in [0.4, 0.5) is 0 Å². The highest BCUT2D eigenvalue weighted by Gasteiger charge is 2.27. The van der Waals surface area contributed by atoms with Crippen molar-refractivity contribution in [3.8, 4) is 0 Å². The summed E-state index contributed by atoms with van der Waals surface area (Å²) in [4.78, 5) is 24.0. The van der Waals surface area contributed by atoms with Gasteiger partial charge in [0.1, 0.15) is 0 Å². The largest absolute Gasteiger partial charge is 0.322 e. The predicted molar refractivity (Wildman–Crippen MR) is 143 cm³/mol. The molecule has 0 rings (SSSR count). The summed E-state index contributed by atoms with van der Waals surface area (Å²) in [6, 6.07) is 0.669. The Morgan fingerprint density at radius 1 is 0.719 bits per heavy atom. The second-order valence-electron chi connectivity index (χ2n) is 10.7. The average Bonchev–Trinajstić information content (AvgIpc) is 2.64. The molecule has 5 nitrogen and oxygen atoms in total. The Kier molecular flexibility index (Phi) is 16.3. The minimum absolute atomic E-state index is 0.247. The van der Waals surface area contributed by atoms with Crippen LogP contribution in [0.15, 0.2) is 0 Å². The van der Waals surface area contributed by atoms with Crippen LogP contribution in [0.3, 0.4) is 0 Å². The summed E-state index contributed by atoms with van der Waals surface area (Å²) >= 11 is 2.85. The smallest absolute Gasteiger partial charge is 0.259 e. The third-order valence-electron chi connectivity index (χ3n) is 4.42. The van der Waals surface area contributed by atoms with Gasteiger partial charge in [-0.05, 0) is 53.4 Å². The lowest BCUT2D eigenvalue weighted by atomic mass is 9.99. The van der Waals surface area contributed by atoms with Gasteiger partial charge in [0.25, 0.3) is 8.53 Å². The molecule has 0 aromatic heterocycles. The monoisotopic (exact) mass is 509 g/mol. The third kappa shape index (κ3) is 14.6. The van der Waals surface area contributed by atoms with Crippen molar-refractivity contribution in [2.75, 3.05) is 24.7 Å². The lowest BCUT2D eigenvalue weighted by Gasteiger charge is -2.35. The molecular formula is C24H48NO4PS2. The van der Waals surface area contributed by atoms with E-state index in [2.05, 4.69) is 32.4 Å². The molecule has 0 bridgehead atoms. The second-order valence-corrected chi connectivity index (χ2v) is 14.2. The van der Waals surface area contributed by atoms with Crippen molar-refractivity contribution in [3.63, 3.8) is 0 Å². The molecule has 0 radical (unpaired) electrons. The first-order valence-electron chi connectivity index (χ1n) is 11.9. The molecule has 0 fully saturated rings. The summed E-state index contributed by atoms with van der Waals surface area (Å²) in [5.74, 6) is 1.67. The van der Waals surface area contributed by atoms with Gasteiger partial charge in [0.15, 0.2) is 10.2 Å². The van der Waals surface area contributed by atoms with Crippen LogP contribution in [0.5, 0.6) is 0 Å². The Balaban J connectivity index is 4.41. The van der Waals surface area contributed by atoms with Gasteiger partial charge >= 0.3 is 0 Å². The van der Waals surface area contributed by atoms with Crippen LogP contribution >= 0.6 is 32.0 Å². The molecule has 0 saturated heterocycles. The Bertz CT molecular complexity index is 499. The zero-order chi connectivity index (χ0) is 24.9. The van der Waals surface area contributed by atoms with Crippen LogP contribution in [0, 0.1) is 10.8 Å². The van der Waals surface area contributed by atoms with Crippen LogP contribution < -0.4 is 0 Å². The maximum atomic E-state index is 12.0. The van der Waals surface area contributed by atoms with Gasteiger partial charge < -0.3 is 9.05 Å². The maximum Gasteiger partial charge on any atom is 0.259 e. The number of rotatable bonds is 15. The molecule has 190 valence electrons. The van der Waals surface area contributed by atoms with Gasteiger partial charge in [-0.25, -0.2) is 4.67 Å². The first-order chi connectivity index (χ1) is 14.7. The zero-order valence-corrected chi connectivity index (χ0v) is 24.7. The first kappa shape index (κ1) is 32.4. The van der Waals surface area contributed by atoms with Crippen LogP contribution in [0.1, 0.15) is 94.9 Å². The molecular weight excluding hydrogens is 461 g/mol. The fraction of sp³-hybridized carbons (Fsp3) is 0.917. The SMILES string of the molecule is CC(C)N(C(C)C)P(OCCCCSC(=O)C(C)(C)C)OCCCCSC(=O)C(C)(C)C. The third-order valence-corrected chi connectivity index (χ3v) is 9.26. The Morgan fingerprint density at radius 2 is 1.06 bits per heavy atom. The summed E-state index contributed by atoms with van der Waals surface area (Å²) in [5, 5.41) is 0.495. The van der Waals surface area contributed by atoms with Crippen molar-refractivity contribution < 1.29 is 18.6 Å². The molecule has 0 aliphatic rings. The van der Waals surface area contributed by atoms with Crippen molar-refractivity contribution in [1.82, 2.24) is 4.67 Å². The van der Waals surface area contributed by atoms with Gasteiger partial charge in [-0.15, -0.1) is 0 Å². The number of hydrogen-bond acceptors (Lipinski definition) is 7. The Hall–Kier alpha value is 0.350. The van der Waals surface area contributed by atoms with E-state index in [0.29, 0.717) is 25.3 Å². The summed E-state index contributed by atoms with van der Waals surface area (Å²) in [7, 11) is -1.12. The van der Waals surface area contributed by atoms with E-state index < -0.39 is 8.53 Å². The summed E-state index contributed by atoms with van der Waals surface area (Å²) in [5.41, 5.74) is -0.562. The van der Waals surface area contributed by atoms with Gasteiger partial charge in [0.2, 0.25) is 0 Å². The highest BCUT2D eigenvalue weighted by Crippen LogP contribution is 2.46. The molecule has 0 aromatic carbocycles. The maximum absolute atomic E-state index is 12.0. The van der Waals surface area contributed by atoms with Gasteiger partial charge in [0.05, 0.1) is 13.2 Å². The average molecular weight is 510 g/mol. The zero-order valence-electron chi connectivity index (χ0n) is 22.2. The van der Waals surface area contributed by atoms with Crippen LogP contribution in [0.2, 0.25) is 0 Å². The van der Waals surface area contributed by atoms with E-state index in [-0.39, 0.29) is 21.1 Å². The lowest BCUT2D eigenvalue weighted by molar-refractivity contribution is -0.118. The number of thioether (sulfide) groups is 2. The predicted octanol–water partition coefficient (Wildman–Crippen LogP) is 7.54. The molecule has 8 heteroatoms. The van der Waals surface area contributed by atoms with Crippen LogP contribution in [-0.4, -0.2) is 51.7 Å². The van der Waals surface area contributed by atoms with E-state index in [1.807, 2.05) is 41.5 Å². The standard InChI is InChI=1S/C24H48NO4PS2/c1-19(2)25(20(3)4)30(28-15-11-13-17-31-21(26)23(5,6)7)29-16-12-14-18-32-22(27)24(8,9)10/h19-20H,11-18H2,1-10H3. The van der Waals surface area contributed by atoms with Gasteiger partial charge in [0, 0.05) is 34.4 Å². The van der Waals surface area contributed by atoms with E-state index in [9.17, 15) is 9.59 Å². The van der Waals surface area contributed by atoms with Crippen molar-refractivity contribution >= 4 is 42.3 Å². The Labute approximate surface area is 207 Å². The molecule has 0 unspecified atom stereocenters. The number of carbonyl (C=O) groups excluding carboxylic acids is 2. The van der Waals surface area contributed by atoms with E-state index in [1.165, 1.54) is 23.5 Å². The van der Waals surface area contributed by atoms with Crippen molar-refractivity contribution in [1.29, 1.82) is 0 Å². The fourth-order valence-electron chi connectivity index (χ4n) is 2.60. The molecule has 0 spiro atoms. The highest BCUT2D eigenvalue weighted by atomic mass is 32.2. The van der Waals surface area contributed by atoms with E-state index in [4.69, 9.17) is 9.05 Å². The molecule has 0 heterocycles. The van der Waals surface area contributed by atoms with E-state index in [1.54, 1.807) is 0 Å². The molecule has 0 aliphatic carbocycles. The number of carbonyl (C=O) groups is 2. The van der Waals surface area contributed by atoms with Gasteiger partial charge in [-0.1, -0.05) is 65.1 Å². The molecule has 0 saturated carbocycles. The summed E-state index contributed by atoms with van der Waals surface area (Å²) in [6.07, 6.45) is 3.75. The van der Waals surface area contributed by atoms with Crippen molar-refractivity contribution in [2.24, 2.45) is 10.8 Å². The van der Waals surface area contributed by atoms with Crippen LogP contribution in [0.25, 0.3) is 0 Å². The second kappa shape index (κ2) is 16.1. The lowest BCUT2D eigenvalue weighted by Crippen LogP contribution is -2.33. The minimum atomic E-state index is -1.12. The fourth-order valence-corrected chi connectivity index (χ4v) is 6.20.